The van der Waals surface area contributed by atoms with E-state index in [4.69, 9.17) is 4.98 Å². The maximum absolute atomic E-state index is 12.8. The first-order chi connectivity index (χ1) is 14.3. The topological polar surface area (TPSA) is 62.5 Å². The van der Waals surface area contributed by atoms with Crippen LogP contribution >= 0.6 is 0 Å². The Hall–Kier alpha value is -3.41. The van der Waals surface area contributed by atoms with Crippen LogP contribution in [-0.4, -0.2) is 33.4 Å². The van der Waals surface area contributed by atoms with Crippen LogP contribution in [0.4, 0.5) is 5.82 Å². The molecule has 1 unspecified atom stereocenters. The first-order valence-corrected chi connectivity index (χ1v) is 10.1. The van der Waals surface area contributed by atoms with Crippen LogP contribution in [0.15, 0.2) is 67.0 Å². The van der Waals surface area contributed by atoms with Gasteiger partial charge in [-0.1, -0.05) is 30.3 Å². The lowest BCUT2D eigenvalue weighted by Gasteiger charge is -2.33. The Bertz CT molecular complexity index is 1150. The zero-order valence-electron chi connectivity index (χ0n) is 16.2. The van der Waals surface area contributed by atoms with E-state index in [0.29, 0.717) is 13.1 Å². The van der Waals surface area contributed by atoms with Gasteiger partial charge in [-0.25, -0.2) is 9.97 Å². The Balaban J connectivity index is 1.38. The molecule has 1 fully saturated rings. The van der Waals surface area contributed by atoms with Crippen molar-refractivity contribution in [1.82, 2.24) is 19.7 Å². The van der Waals surface area contributed by atoms with Gasteiger partial charge in [0.1, 0.15) is 0 Å². The second kappa shape index (κ2) is 7.54. The van der Waals surface area contributed by atoms with Gasteiger partial charge in [-0.15, -0.1) is 0 Å². The van der Waals surface area contributed by atoms with Gasteiger partial charge in [0, 0.05) is 32.0 Å². The molecule has 0 saturated carbocycles. The minimum Gasteiger partial charge on any atom is -0.354 e. The fraction of sp³-hybridized carbons (Fsp3) is 0.261. The van der Waals surface area contributed by atoms with E-state index in [1.807, 2.05) is 54.7 Å². The quantitative estimate of drug-likeness (QED) is 0.585. The summed E-state index contributed by atoms with van der Waals surface area (Å²) in [5.41, 5.74) is 3.88. The molecule has 146 valence electrons. The van der Waals surface area contributed by atoms with E-state index in [0.717, 1.165) is 47.4 Å². The minimum atomic E-state index is -0.0382. The number of nitrogens with zero attached hydrogens (tertiary/aromatic N) is 4. The van der Waals surface area contributed by atoms with Crippen molar-refractivity contribution >= 4 is 28.4 Å². The first kappa shape index (κ1) is 17.7. The van der Waals surface area contributed by atoms with E-state index in [1.54, 1.807) is 6.20 Å². The summed E-state index contributed by atoms with van der Waals surface area (Å²) in [6.45, 7) is 2.14. The predicted octanol–water partition coefficient (Wildman–Crippen LogP) is 3.42. The summed E-state index contributed by atoms with van der Waals surface area (Å²) in [6, 6.07) is 18.1. The van der Waals surface area contributed by atoms with Crippen LogP contribution in [0.3, 0.4) is 0 Å². The summed E-state index contributed by atoms with van der Waals surface area (Å²) in [5, 5.41) is 3.10. The molecule has 1 N–H and O–H groups in total. The van der Waals surface area contributed by atoms with Gasteiger partial charge < -0.3 is 14.6 Å². The molecule has 0 bridgehead atoms. The summed E-state index contributed by atoms with van der Waals surface area (Å²) in [5.74, 6) is 0.981. The van der Waals surface area contributed by atoms with Gasteiger partial charge in [0.15, 0.2) is 11.5 Å². The Morgan fingerprint density at radius 3 is 2.83 bits per heavy atom. The number of fused-ring (bicyclic) bond motifs is 3. The van der Waals surface area contributed by atoms with Crippen molar-refractivity contribution in [2.45, 2.75) is 19.4 Å². The Morgan fingerprint density at radius 2 is 1.93 bits per heavy atom. The molecule has 4 aromatic rings. The minimum absolute atomic E-state index is 0.0382. The van der Waals surface area contributed by atoms with Crippen molar-refractivity contribution in [3.8, 4) is 0 Å². The summed E-state index contributed by atoms with van der Waals surface area (Å²) < 4.78 is 2.13. The predicted molar refractivity (Wildman–Crippen MR) is 114 cm³/mol. The van der Waals surface area contributed by atoms with E-state index in [1.165, 1.54) is 0 Å². The molecule has 1 saturated heterocycles. The Labute approximate surface area is 169 Å². The van der Waals surface area contributed by atoms with Crippen molar-refractivity contribution in [3.63, 3.8) is 0 Å². The SMILES string of the molecule is O=C(NCc1ccccc1)C1CCCN(c2nc3ncccc3n3cccc23)C1. The molecule has 3 aromatic heterocycles. The Morgan fingerprint density at radius 1 is 1.07 bits per heavy atom. The van der Waals surface area contributed by atoms with Crippen LogP contribution in [0, 0.1) is 5.92 Å². The van der Waals surface area contributed by atoms with E-state index < -0.39 is 0 Å². The number of hydrogen-bond acceptors (Lipinski definition) is 4. The van der Waals surface area contributed by atoms with Gasteiger partial charge in [0.25, 0.3) is 0 Å². The molecular formula is C23H23N5O. The van der Waals surface area contributed by atoms with Gasteiger partial charge >= 0.3 is 0 Å². The number of pyridine rings is 1. The van der Waals surface area contributed by atoms with Gasteiger partial charge in [-0.2, -0.15) is 0 Å². The lowest BCUT2D eigenvalue weighted by molar-refractivity contribution is -0.125. The molecule has 1 amide bonds. The number of anilines is 1. The number of benzene rings is 1. The van der Waals surface area contributed by atoms with Crippen LogP contribution in [0.5, 0.6) is 0 Å². The summed E-state index contributed by atoms with van der Waals surface area (Å²) in [7, 11) is 0. The van der Waals surface area contributed by atoms with E-state index in [2.05, 4.69) is 25.7 Å². The highest BCUT2D eigenvalue weighted by atomic mass is 16.1. The smallest absolute Gasteiger partial charge is 0.225 e. The number of rotatable bonds is 4. The largest absolute Gasteiger partial charge is 0.354 e. The zero-order valence-corrected chi connectivity index (χ0v) is 16.2. The molecule has 0 aliphatic carbocycles. The number of nitrogens with one attached hydrogen (secondary N) is 1. The van der Waals surface area contributed by atoms with Crippen molar-refractivity contribution in [1.29, 1.82) is 0 Å². The molecule has 0 spiro atoms. The first-order valence-electron chi connectivity index (χ1n) is 10.1. The van der Waals surface area contributed by atoms with Crippen LogP contribution < -0.4 is 10.2 Å². The molecule has 0 radical (unpaired) electrons. The number of hydrogen-bond donors (Lipinski definition) is 1. The van der Waals surface area contributed by atoms with E-state index in [-0.39, 0.29) is 11.8 Å². The lowest BCUT2D eigenvalue weighted by atomic mass is 9.97. The number of piperidine rings is 1. The van der Waals surface area contributed by atoms with Gasteiger partial charge in [0.05, 0.1) is 17.0 Å². The van der Waals surface area contributed by atoms with Crippen molar-refractivity contribution in [3.05, 3.63) is 72.6 Å². The molecule has 1 aromatic carbocycles. The Kier molecular flexibility index (Phi) is 4.60. The maximum Gasteiger partial charge on any atom is 0.225 e. The fourth-order valence-electron chi connectivity index (χ4n) is 4.14. The third-order valence-electron chi connectivity index (χ3n) is 5.62. The highest BCUT2D eigenvalue weighted by Gasteiger charge is 2.28. The third kappa shape index (κ3) is 3.42. The van der Waals surface area contributed by atoms with E-state index >= 15 is 0 Å². The number of carbonyl (C=O) groups is 1. The second-order valence-corrected chi connectivity index (χ2v) is 7.53. The van der Waals surface area contributed by atoms with Crippen molar-refractivity contribution in [2.75, 3.05) is 18.0 Å². The van der Waals surface area contributed by atoms with Gasteiger partial charge in [-0.05, 0) is 42.7 Å². The molecular weight excluding hydrogens is 362 g/mol. The van der Waals surface area contributed by atoms with Crippen molar-refractivity contribution < 1.29 is 4.79 Å². The lowest BCUT2D eigenvalue weighted by Crippen LogP contribution is -2.43. The number of aromatic nitrogens is 3. The van der Waals surface area contributed by atoms with Crippen LogP contribution in [-0.2, 0) is 11.3 Å². The average Bonchev–Trinajstić information content (AvgIpc) is 3.28. The van der Waals surface area contributed by atoms with E-state index in [9.17, 15) is 4.79 Å². The second-order valence-electron chi connectivity index (χ2n) is 7.53. The molecule has 6 heteroatoms. The molecule has 6 nitrogen and oxygen atoms in total. The van der Waals surface area contributed by atoms with Crippen LogP contribution in [0.25, 0.3) is 16.7 Å². The zero-order chi connectivity index (χ0) is 19.6. The molecule has 4 heterocycles. The number of carbonyl (C=O) groups excluding carboxylic acids is 1. The molecule has 1 atom stereocenters. The summed E-state index contributed by atoms with van der Waals surface area (Å²) in [6.07, 6.45) is 5.68. The molecule has 1 aliphatic heterocycles. The third-order valence-corrected chi connectivity index (χ3v) is 5.62. The summed E-state index contributed by atoms with van der Waals surface area (Å²) >= 11 is 0. The van der Waals surface area contributed by atoms with Gasteiger partial charge in [0.2, 0.25) is 5.91 Å². The maximum atomic E-state index is 12.8. The summed E-state index contributed by atoms with van der Waals surface area (Å²) in [4.78, 5) is 24.3. The highest BCUT2D eigenvalue weighted by Crippen LogP contribution is 2.28. The highest BCUT2D eigenvalue weighted by molar-refractivity contribution is 5.84. The molecule has 1 aliphatic rings. The van der Waals surface area contributed by atoms with Crippen LogP contribution in [0.2, 0.25) is 0 Å². The average molecular weight is 385 g/mol. The standard InChI is InChI=1S/C23H23N5O/c29-23(25-15-17-7-2-1-3-8-17)18-9-5-13-27(16-18)22-20-11-6-14-28(20)19-10-4-12-24-21(19)26-22/h1-4,6-8,10-12,14,18H,5,9,13,15-16H2,(H,25,29). The molecule has 5 rings (SSSR count). The van der Waals surface area contributed by atoms with Crippen molar-refractivity contribution in [2.24, 2.45) is 5.92 Å². The van der Waals surface area contributed by atoms with Gasteiger partial charge in [-0.3, -0.25) is 4.79 Å². The monoisotopic (exact) mass is 385 g/mol. The van der Waals surface area contributed by atoms with Crippen LogP contribution in [0.1, 0.15) is 18.4 Å². The normalized spacial score (nSPS) is 17.0. The fourth-order valence-corrected chi connectivity index (χ4v) is 4.14. The number of amides is 1. The molecule has 29 heavy (non-hydrogen) atoms.